The number of methoxy groups -OCH3 is 1. The van der Waals surface area contributed by atoms with Crippen molar-refractivity contribution in [3.05, 3.63) is 60.2 Å². The highest BCUT2D eigenvalue weighted by molar-refractivity contribution is 14.1. The second-order valence-electron chi connectivity index (χ2n) is 6.17. The molecule has 0 bridgehead atoms. The SMILES string of the molecule is COc1cc(/C=C2\N=C(c3ccc(I)c(Br)c3)OC2=O)cc(Cl)c1OC(C)C. The summed E-state index contributed by atoms with van der Waals surface area (Å²) in [6.45, 7) is 3.80. The predicted molar refractivity (Wildman–Crippen MR) is 121 cm³/mol. The minimum atomic E-state index is -0.526. The smallest absolute Gasteiger partial charge is 0.363 e. The van der Waals surface area contributed by atoms with Crippen LogP contribution >= 0.6 is 50.1 Å². The molecule has 0 aromatic heterocycles. The first-order valence-corrected chi connectivity index (χ1v) is 10.6. The Morgan fingerprint density at radius 1 is 1.29 bits per heavy atom. The van der Waals surface area contributed by atoms with E-state index in [0.29, 0.717) is 27.6 Å². The summed E-state index contributed by atoms with van der Waals surface area (Å²) in [5, 5.41) is 0.386. The highest BCUT2D eigenvalue weighted by Gasteiger charge is 2.25. The van der Waals surface area contributed by atoms with Crippen LogP contribution in [0.2, 0.25) is 5.02 Å². The van der Waals surface area contributed by atoms with Crippen LogP contribution in [0.5, 0.6) is 11.5 Å². The van der Waals surface area contributed by atoms with Crippen LogP contribution in [0, 0.1) is 3.57 Å². The third kappa shape index (κ3) is 4.69. The van der Waals surface area contributed by atoms with Gasteiger partial charge in [0.2, 0.25) is 5.90 Å². The lowest BCUT2D eigenvalue weighted by atomic mass is 10.1. The molecule has 3 rings (SSSR count). The van der Waals surface area contributed by atoms with E-state index in [1.54, 1.807) is 18.2 Å². The zero-order chi connectivity index (χ0) is 20.4. The molecule has 1 aliphatic heterocycles. The number of benzene rings is 2. The van der Waals surface area contributed by atoms with Crippen molar-refractivity contribution in [2.24, 2.45) is 4.99 Å². The van der Waals surface area contributed by atoms with Gasteiger partial charge in [-0.2, -0.15) is 0 Å². The molecule has 146 valence electrons. The Morgan fingerprint density at radius 2 is 2.04 bits per heavy atom. The third-order valence-corrected chi connectivity index (χ3v) is 6.31. The number of rotatable bonds is 5. The van der Waals surface area contributed by atoms with Crippen LogP contribution in [0.15, 0.2) is 45.5 Å². The molecule has 2 aromatic rings. The Kier molecular flexibility index (Phi) is 6.67. The molecule has 0 aliphatic carbocycles. The number of carbonyl (C=O) groups excluding carboxylic acids is 1. The van der Waals surface area contributed by atoms with Crippen LogP contribution in [0.25, 0.3) is 6.08 Å². The Morgan fingerprint density at radius 3 is 2.68 bits per heavy atom. The van der Waals surface area contributed by atoms with Gasteiger partial charge < -0.3 is 14.2 Å². The molecular formula is C20H16BrClINO4. The quantitative estimate of drug-likeness (QED) is 0.255. The molecule has 1 heterocycles. The minimum Gasteiger partial charge on any atom is -0.493 e. The number of ether oxygens (including phenoxy) is 3. The maximum absolute atomic E-state index is 12.3. The topological polar surface area (TPSA) is 57.1 Å². The van der Waals surface area contributed by atoms with Crippen molar-refractivity contribution in [3.8, 4) is 11.5 Å². The van der Waals surface area contributed by atoms with Crippen molar-refractivity contribution in [1.29, 1.82) is 0 Å². The van der Waals surface area contributed by atoms with Crippen molar-refractivity contribution in [2.75, 3.05) is 7.11 Å². The van der Waals surface area contributed by atoms with Crippen molar-refractivity contribution in [2.45, 2.75) is 20.0 Å². The van der Waals surface area contributed by atoms with Gasteiger partial charge in [-0.25, -0.2) is 9.79 Å². The van der Waals surface area contributed by atoms with Crippen LogP contribution in [-0.2, 0) is 9.53 Å². The van der Waals surface area contributed by atoms with Gasteiger partial charge in [0.15, 0.2) is 17.2 Å². The van der Waals surface area contributed by atoms with E-state index in [0.717, 1.165) is 8.04 Å². The highest BCUT2D eigenvalue weighted by atomic mass is 127. The molecule has 0 unspecified atom stereocenters. The van der Waals surface area contributed by atoms with E-state index < -0.39 is 5.97 Å². The molecule has 0 radical (unpaired) electrons. The Hall–Kier alpha value is -1.58. The maximum atomic E-state index is 12.3. The Balaban J connectivity index is 1.96. The maximum Gasteiger partial charge on any atom is 0.363 e. The normalized spacial score (nSPS) is 15.0. The lowest BCUT2D eigenvalue weighted by Gasteiger charge is -2.15. The van der Waals surface area contributed by atoms with Gasteiger partial charge in [-0.15, -0.1) is 0 Å². The zero-order valence-corrected chi connectivity index (χ0v) is 19.8. The molecule has 28 heavy (non-hydrogen) atoms. The van der Waals surface area contributed by atoms with Gasteiger partial charge in [0.05, 0.1) is 18.2 Å². The molecule has 8 heteroatoms. The van der Waals surface area contributed by atoms with E-state index in [9.17, 15) is 4.79 Å². The average Bonchev–Trinajstić information content (AvgIpc) is 2.99. The second kappa shape index (κ2) is 8.84. The third-order valence-electron chi connectivity index (χ3n) is 3.70. The van der Waals surface area contributed by atoms with Gasteiger partial charge in [0, 0.05) is 13.6 Å². The van der Waals surface area contributed by atoms with Crippen LogP contribution in [-0.4, -0.2) is 25.1 Å². The molecule has 0 fully saturated rings. The Bertz CT molecular complexity index is 1000. The molecule has 0 atom stereocenters. The number of nitrogens with zero attached hydrogens (tertiary/aromatic N) is 1. The number of cyclic esters (lactones) is 1. The monoisotopic (exact) mass is 575 g/mol. The summed E-state index contributed by atoms with van der Waals surface area (Å²) < 4.78 is 18.4. The highest BCUT2D eigenvalue weighted by Crippen LogP contribution is 2.38. The van der Waals surface area contributed by atoms with Crippen molar-refractivity contribution in [1.82, 2.24) is 0 Å². The van der Waals surface area contributed by atoms with Crippen molar-refractivity contribution >= 4 is 68.1 Å². The van der Waals surface area contributed by atoms with Crippen molar-refractivity contribution < 1.29 is 19.0 Å². The molecule has 1 aliphatic rings. The number of hydrogen-bond acceptors (Lipinski definition) is 5. The van der Waals surface area contributed by atoms with Gasteiger partial charge in [-0.3, -0.25) is 0 Å². The first-order valence-electron chi connectivity index (χ1n) is 8.30. The van der Waals surface area contributed by atoms with Crippen LogP contribution in [0.3, 0.4) is 0 Å². The number of aliphatic imine (C=N–C) groups is 1. The van der Waals surface area contributed by atoms with Crippen molar-refractivity contribution in [3.63, 3.8) is 0 Å². The fourth-order valence-corrected chi connectivity index (χ4v) is 3.47. The largest absolute Gasteiger partial charge is 0.493 e. The van der Waals surface area contributed by atoms with Gasteiger partial charge >= 0.3 is 5.97 Å². The number of hydrogen-bond donors (Lipinski definition) is 0. The number of halogens is 3. The summed E-state index contributed by atoms with van der Waals surface area (Å²) in [7, 11) is 1.53. The van der Waals surface area contributed by atoms with E-state index >= 15 is 0 Å². The van der Waals surface area contributed by atoms with Gasteiger partial charge in [-0.05, 0) is 94.3 Å². The van der Waals surface area contributed by atoms with E-state index in [2.05, 4.69) is 43.5 Å². The molecule has 2 aromatic carbocycles. The molecule has 0 N–H and O–H groups in total. The van der Waals surface area contributed by atoms with Crippen LogP contribution < -0.4 is 9.47 Å². The second-order valence-corrected chi connectivity index (χ2v) is 8.59. The number of esters is 1. The van der Waals surface area contributed by atoms with E-state index in [1.807, 2.05) is 32.0 Å². The molecule has 0 spiro atoms. The summed E-state index contributed by atoms with van der Waals surface area (Å²) in [4.78, 5) is 16.6. The molecule has 5 nitrogen and oxygen atoms in total. The summed E-state index contributed by atoms with van der Waals surface area (Å²) in [6.07, 6.45) is 1.55. The lowest BCUT2D eigenvalue weighted by molar-refractivity contribution is -0.129. The molecule has 0 saturated carbocycles. The lowest BCUT2D eigenvalue weighted by Crippen LogP contribution is -2.07. The van der Waals surface area contributed by atoms with Gasteiger partial charge in [-0.1, -0.05) is 11.6 Å². The average molecular weight is 577 g/mol. The summed E-state index contributed by atoms with van der Waals surface area (Å²) >= 11 is 12.0. The fraction of sp³-hybridized carbons (Fsp3) is 0.200. The summed E-state index contributed by atoms with van der Waals surface area (Å²) in [5.41, 5.74) is 1.54. The molecule has 0 amide bonds. The Labute approximate surface area is 190 Å². The summed E-state index contributed by atoms with van der Waals surface area (Å²) in [6, 6.07) is 9.04. The standard InChI is InChI=1S/C20H16BrClINO4/c1-10(2)27-18-14(22)6-11(8-17(18)26-3)7-16-20(25)28-19(24-16)12-4-5-15(23)13(21)9-12/h4-10H,1-3H3/b16-7-. The van der Waals surface area contributed by atoms with Gasteiger partial charge in [0.1, 0.15) is 0 Å². The van der Waals surface area contributed by atoms with E-state index in [-0.39, 0.29) is 17.7 Å². The van der Waals surface area contributed by atoms with Gasteiger partial charge in [0.25, 0.3) is 0 Å². The van der Waals surface area contributed by atoms with E-state index in [1.165, 1.54) is 7.11 Å². The zero-order valence-electron chi connectivity index (χ0n) is 15.3. The van der Waals surface area contributed by atoms with E-state index in [4.69, 9.17) is 25.8 Å². The van der Waals surface area contributed by atoms with Crippen LogP contribution in [0.4, 0.5) is 0 Å². The molecule has 0 saturated heterocycles. The fourth-order valence-electron chi connectivity index (χ4n) is 2.49. The summed E-state index contributed by atoms with van der Waals surface area (Å²) in [5.74, 6) is 0.668. The first kappa shape index (κ1) is 21.1. The first-order chi connectivity index (χ1) is 13.3. The van der Waals surface area contributed by atoms with Crippen LogP contribution in [0.1, 0.15) is 25.0 Å². The predicted octanol–water partition coefficient (Wildman–Crippen LogP) is 5.85. The molecular weight excluding hydrogens is 560 g/mol. The number of carbonyl (C=O) groups is 1. The minimum absolute atomic E-state index is 0.0548.